The molecule has 0 amide bonds. The fourth-order valence-electron chi connectivity index (χ4n) is 5.91. The van der Waals surface area contributed by atoms with Crippen LogP contribution >= 0.6 is 0 Å². The first-order chi connectivity index (χ1) is 14.9. The van der Waals surface area contributed by atoms with Crippen LogP contribution in [0.15, 0.2) is 60.7 Å². The van der Waals surface area contributed by atoms with E-state index in [1.165, 1.54) is 55.6 Å². The Kier molecular flexibility index (Phi) is 4.31. The molecule has 2 aromatic carbocycles. The second-order valence-corrected chi connectivity index (χ2v) is 8.95. The van der Waals surface area contributed by atoms with Crippen LogP contribution in [0.1, 0.15) is 32.1 Å². The summed E-state index contributed by atoms with van der Waals surface area (Å²) in [5, 5.41) is 12.1. The molecule has 1 saturated carbocycles. The first kappa shape index (κ1) is 18.0. The van der Waals surface area contributed by atoms with Gasteiger partial charge in [-0.2, -0.15) is 0 Å². The molecule has 1 aromatic heterocycles. The lowest BCUT2D eigenvalue weighted by Gasteiger charge is -2.42. The molecule has 30 heavy (non-hydrogen) atoms. The van der Waals surface area contributed by atoms with E-state index < -0.39 is 0 Å². The van der Waals surface area contributed by atoms with Gasteiger partial charge < -0.3 is 0 Å². The van der Waals surface area contributed by atoms with Crippen molar-refractivity contribution < 1.29 is 0 Å². The Morgan fingerprint density at radius 3 is 1.97 bits per heavy atom. The topological polar surface area (TPSA) is 29.0 Å². The van der Waals surface area contributed by atoms with Crippen molar-refractivity contribution in [2.75, 3.05) is 13.1 Å². The molecule has 3 aromatic rings. The van der Waals surface area contributed by atoms with Gasteiger partial charge in [-0.05, 0) is 44.7 Å². The number of nitrogens with zero attached hydrogens (tertiary/aromatic N) is 3. The van der Waals surface area contributed by atoms with E-state index in [2.05, 4.69) is 77.7 Å². The molecule has 6 rings (SSSR count). The van der Waals surface area contributed by atoms with Crippen molar-refractivity contribution in [2.24, 2.45) is 5.92 Å². The maximum atomic E-state index is 4.79. The third kappa shape index (κ3) is 2.76. The highest BCUT2D eigenvalue weighted by Crippen LogP contribution is 2.45. The van der Waals surface area contributed by atoms with Gasteiger partial charge in [-0.15, -0.1) is 10.2 Å². The Bertz CT molecular complexity index is 1180. The zero-order valence-electron chi connectivity index (χ0n) is 17.3. The minimum absolute atomic E-state index is 0.157. The van der Waals surface area contributed by atoms with E-state index in [4.69, 9.17) is 10.2 Å². The number of hydrogen-bond donors (Lipinski definition) is 0. The van der Waals surface area contributed by atoms with Crippen LogP contribution in [0.4, 0.5) is 0 Å². The molecule has 2 fully saturated rings. The Balaban J connectivity index is 1.65. The zero-order valence-corrected chi connectivity index (χ0v) is 17.3. The van der Waals surface area contributed by atoms with E-state index in [1.54, 1.807) is 0 Å². The van der Waals surface area contributed by atoms with Crippen LogP contribution in [0.2, 0.25) is 0 Å². The van der Waals surface area contributed by atoms with Gasteiger partial charge in [-0.25, -0.2) is 0 Å². The smallest absolute Gasteiger partial charge is 0.101 e. The predicted molar refractivity (Wildman–Crippen MR) is 122 cm³/mol. The molecule has 2 unspecified atom stereocenters. The summed E-state index contributed by atoms with van der Waals surface area (Å²) in [6, 6.07) is 21.1. The average molecular weight is 394 g/mol. The first-order valence-electron chi connectivity index (χ1n) is 11.3. The highest BCUT2D eigenvalue weighted by molar-refractivity contribution is 5.71. The Morgan fingerprint density at radius 2 is 1.33 bits per heavy atom. The quantitative estimate of drug-likeness (QED) is 0.673. The summed E-state index contributed by atoms with van der Waals surface area (Å²) in [7, 11) is 0. The van der Waals surface area contributed by atoms with Crippen LogP contribution < -0.4 is 10.4 Å². The lowest BCUT2D eigenvalue weighted by atomic mass is 9.79. The number of benzene rings is 2. The van der Waals surface area contributed by atoms with Gasteiger partial charge in [-0.1, -0.05) is 79.2 Å². The molecule has 0 radical (unpaired) electrons. The molecule has 0 bridgehead atoms. The molecular formula is C27H27N3. The largest absolute Gasteiger partial charge is 0.294 e. The van der Waals surface area contributed by atoms with Gasteiger partial charge in [0.05, 0.1) is 0 Å². The number of hydrogen-bond acceptors (Lipinski definition) is 3. The van der Waals surface area contributed by atoms with Crippen molar-refractivity contribution >= 4 is 12.2 Å². The molecule has 2 aliphatic carbocycles. The minimum Gasteiger partial charge on any atom is -0.294 e. The third-order valence-corrected chi connectivity index (χ3v) is 7.34. The normalized spacial score (nSPS) is 25.3. The monoisotopic (exact) mass is 393 g/mol. The molecule has 3 heteroatoms. The maximum Gasteiger partial charge on any atom is 0.101 e. The van der Waals surface area contributed by atoms with Crippen molar-refractivity contribution in [3.8, 4) is 22.5 Å². The molecule has 2 heterocycles. The van der Waals surface area contributed by atoms with Gasteiger partial charge in [0, 0.05) is 27.1 Å². The van der Waals surface area contributed by atoms with E-state index in [9.17, 15) is 0 Å². The summed E-state index contributed by atoms with van der Waals surface area (Å²) in [5.74, 6) is 0.568. The summed E-state index contributed by atoms with van der Waals surface area (Å²) < 4.78 is 0. The molecule has 1 saturated heterocycles. The van der Waals surface area contributed by atoms with Crippen LogP contribution in [0.5, 0.6) is 0 Å². The summed E-state index contributed by atoms with van der Waals surface area (Å²) in [6.07, 6.45) is 11.6. The van der Waals surface area contributed by atoms with Gasteiger partial charge in [0.15, 0.2) is 0 Å². The fourth-order valence-corrected chi connectivity index (χ4v) is 5.91. The van der Waals surface area contributed by atoms with E-state index >= 15 is 0 Å². The van der Waals surface area contributed by atoms with Crippen LogP contribution in [0.25, 0.3) is 34.7 Å². The Labute approximate surface area is 177 Å². The highest BCUT2D eigenvalue weighted by atomic mass is 15.2. The van der Waals surface area contributed by atoms with Crippen LogP contribution in [0.3, 0.4) is 0 Å². The molecule has 2 atom stereocenters. The number of aromatic nitrogens is 2. The number of fused-ring (bicyclic) bond motifs is 2. The standard InChI is InChI=1S/C27H27N3/c1-3-10-20(11-4-1)25-23-18-22-14-9-15-27(22,30-16-7-8-17-30)19-24(23)26(29-28-25)21-12-5-2-6-13-21/h1-6,10-13,18-19,22H,7-9,14-17H2. The van der Waals surface area contributed by atoms with Crippen molar-refractivity contribution in [3.63, 3.8) is 0 Å². The number of rotatable bonds is 3. The molecule has 0 spiro atoms. The molecule has 3 nitrogen and oxygen atoms in total. The number of likely N-dealkylation sites (tertiary alicyclic amines) is 1. The van der Waals surface area contributed by atoms with Crippen molar-refractivity contribution in [1.82, 2.24) is 15.1 Å². The summed E-state index contributed by atoms with van der Waals surface area (Å²) in [6.45, 7) is 2.45. The van der Waals surface area contributed by atoms with Gasteiger partial charge >= 0.3 is 0 Å². The fraction of sp³-hybridized carbons (Fsp3) is 0.333. The van der Waals surface area contributed by atoms with Crippen molar-refractivity contribution in [2.45, 2.75) is 37.6 Å². The second-order valence-electron chi connectivity index (χ2n) is 8.95. The summed E-state index contributed by atoms with van der Waals surface area (Å²) in [4.78, 5) is 2.77. The lowest BCUT2D eigenvalue weighted by molar-refractivity contribution is 0.161. The van der Waals surface area contributed by atoms with Gasteiger partial charge in [0.2, 0.25) is 0 Å². The SMILES string of the molecule is C1=c2c(-c3ccccc3)nnc(-c3ccccc3)c2=CC2(N3CCCC3)CCCC12. The van der Waals surface area contributed by atoms with Gasteiger partial charge in [-0.3, -0.25) is 4.90 Å². The zero-order chi connectivity index (χ0) is 20.0. The Morgan fingerprint density at radius 1 is 0.733 bits per heavy atom. The van der Waals surface area contributed by atoms with Gasteiger partial charge in [0.1, 0.15) is 11.4 Å². The first-order valence-corrected chi connectivity index (χ1v) is 11.3. The summed E-state index contributed by atoms with van der Waals surface area (Å²) in [5.41, 5.74) is 4.49. The second kappa shape index (κ2) is 7.17. The Hall–Kier alpha value is -2.78. The van der Waals surface area contributed by atoms with E-state index in [-0.39, 0.29) is 5.54 Å². The van der Waals surface area contributed by atoms with Crippen molar-refractivity contribution in [1.29, 1.82) is 0 Å². The van der Waals surface area contributed by atoms with Gasteiger partial charge in [0.25, 0.3) is 0 Å². The third-order valence-electron chi connectivity index (χ3n) is 7.34. The molecule has 0 N–H and O–H groups in total. The van der Waals surface area contributed by atoms with E-state index in [0.717, 1.165) is 22.5 Å². The van der Waals surface area contributed by atoms with Crippen LogP contribution in [0, 0.1) is 5.92 Å². The molecule has 150 valence electrons. The predicted octanol–water partition coefficient (Wildman–Crippen LogP) is 4.02. The van der Waals surface area contributed by atoms with E-state index in [1.807, 2.05) is 0 Å². The molecule has 1 aliphatic heterocycles. The van der Waals surface area contributed by atoms with Crippen LogP contribution in [-0.2, 0) is 0 Å². The summed E-state index contributed by atoms with van der Waals surface area (Å²) >= 11 is 0. The molecular weight excluding hydrogens is 366 g/mol. The highest BCUT2D eigenvalue weighted by Gasteiger charge is 2.46. The van der Waals surface area contributed by atoms with Crippen LogP contribution in [-0.4, -0.2) is 33.7 Å². The molecule has 3 aliphatic rings. The van der Waals surface area contributed by atoms with Crippen molar-refractivity contribution in [3.05, 3.63) is 71.1 Å². The minimum atomic E-state index is 0.157. The maximum absolute atomic E-state index is 4.79. The lowest BCUT2D eigenvalue weighted by Crippen LogP contribution is -2.53. The van der Waals surface area contributed by atoms with E-state index in [0.29, 0.717) is 5.92 Å². The average Bonchev–Trinajstić information content (AvgIpc) is 3.48.